The second-order valence-electron chi connectivity index (χ2n) is 6.40. The molecule has 154 valence electrons. The van der Waals surface area contributed by atoms with Crippen LogP contribution in [0.1, 0.15) is 27.3 Å². The Morgan fingerprint density at radius 1 is 1.27 bits per heavy atom. The number of nitrogens with zero attached hydrogens (tertiary/aromatic N) is 2. The zero-order chi connectivity index (χ0) is 21.3. The van der Waals surface area contributed by atoms with Gasteiger partial charge in [0.05, 0.1) is 0 Å². The van der Waals surface area contributed by atoms with Crippen molar-refractivity contribution in [2.45, 2.75) is 13.5 Å². The lowest BCUT2D eigenvalue weighted by Gasteiger charge is -2.11. The number of rotatable bonds is 6. The Morgan fingerprint density at radius 2 is 2.07 bits per heavy atom. The summed E-state index contributed by atoms with van der Waals surface area (Å²) in [5.74, 6) is -0.273. The van der Waals surface area contributed by atoms with Gasteiger partial charge in [0, 0.05) is 24.2 Å². The molecule has 0 radical (unpaired) electrons. The van der Waals surface area contributed by atoms with Crippen LogP contribution in [0.3, 0.4) is 0 Å². The number of benzene rings is 2. The van der Waals surface area contributed by atoms with E-state index in [0.29, 0.717) is 22.8 Å². The number of aryl methyl sites for hydroxylation is 1. The van der Waals surface area contributed by atoms with Crippen molar-refractivity contribution in [1.29, 1.82) is 0 Å². The number of hydrogen-bond donors (Lipinski definition) is 2. The SMILES string of the molecule is Cc1no[n+]([O-])c1COc1cc(O)cc(O)c1C(=O)/C=C/c1ccc2c(c1)OCO2. The summed E-state index contributed by atoms with van der Waals surface area (Å²) in [5, 5.41) is 35.0. The zero-order valence-electron chi connectivity index (χ0n) is 15.7. The molecule has 2 heterocycles. The van der Waals surface area contributed by atoms with Crippen LogP contribution in [0, 0.1) is 12.1 Å². The first-order valence-corrected chi connectivity index (χ1v) is 8.78. The number of phenolic OH excluding ortho intramolecular Hbond substituents is 2. The van der Waals surface area contributed by atoms with E-state index < -0.39 is 11.5 Å². The fraction of sp³-hybridized carbons (Fsp3) is 0.150. The Bertz CT molecular complexity index is 1130. The molecule has 0 spiro atoms. The van der Waals surface area contributed by atoms with E-state index in [2.05, 4.69) is 9.79 Å². The molecule has 0 fully saturated rings. The highest BCUT2D eigenvalue weighted by atomic mass is 16.8. The molecular weight excluding hydrogens is 396 g/mol. The minimum Gasteiger partial charge on any atom is -0.508 e. The van der Waals surface area contributed by atoms with Crippen LogP contribution in [0.25, 0.3) is 6.08 Å². The predicted molar refractivity (Wildman–Crippen MR) is 100 cm³/mol. The van der Waals surface area contributed by atoms with E-state index in [1.165, 1.54) is 18.2 Å². The van der Waals surface area contributed by atoms with Gasteiger partial charge in [-0.3, -0.25) is 9.42 Å². The van der Waals surface area contributed by atoms with Gasteiger partial charge in [0.1, 0.15) is 22.8 Å². The summed E-state index contributed by atoms with van der Waals surface area (Å²) in [7, 11) is 0. The Labute approximate surface area is 169 Å². The Balaban J connectivity index is 1.58. The number of carbonyl (C=O) groups excluding carboxylic acids is 1. The molecule has 30 heavy (non-hydrogen) atoms. The summed E-state index contributed by atoms with van der Waals surface area (Å²) in [6, 6.07) is 7.36. The van der Waals surface area contributed by atoms with E-state index >= 15 is 0 Å². The van der Waals surface area contributed by atoms with Crippen LogP contribution in [0.2, 0.25) is 0 Å². The summed E-state index contributed by atoms with van der Waals surface area (Å²) in [6.07, 6.45) is 2.78. The summed E-state index contributed by atoms with van der Waals surface area (Å²) in [6.45, 7) is 1.41. The maximum Gasteiger partial charge on any atom is 0.235 e. The van der Waals surface area contributed by atoms with Gasteiger partial charge in [-0.2, -0.15) is 0 Å². The van der Waals surface area contributed by atoms with Crippen molar-refractivity contribution in [2.24, 2.45) is 0 Å². The van der Waals surface area contributed by atoms with E-state index in [9.17, 15) is 20.2 Å². The fourth-order valence-corrected chi connectivity index (χ4v) is 2.86. The Morgan fingerprint density at radius 3 is 2.83 bits per heavy atom. The molecule has 0 bridgehead atoms. The second-order valence-corrected chi connectivity index (χ2v) is 6.40. The number of aromatic hydroxyl groups is 2. The van der Waals surface area contributed by atoms with Gasteiger partial charge >= 0.3 is 0 Å². The fourth-order valence-electron chi connectivity index (χ4n) is 2.86. The Kier molecular flexibility index (Phi) is 4.88. The number of aromatic nitrogens is 2. The molecule has 0 atom stereocenters. The van der Waals surface area contributed by atoms with E-state index in [-0.39, 0.29) is 41.1 Å². The number of ether oxygens (including phenoxy) is 3. The molecule has 0 saturated carbocycles. The summed E-state index contributed by atoms with van der Waals surface area (Å²) < 4.78 is 20.5. The zero-order valence-corrected chi connectivity index (χ0v) is 15.7. The van der Waals surface area contributed by atoms with Gasteiger partial charge in [0.25, 0.3) is 0 Å². The van der Waals surface area contributed by atoms with Crippen molar-refractivity contribution in [3.8, 4) is 28.7 Å². The third-order valence-corrected chi connectivity index (χ3v) is 4.39. The van der Waals surface area contributed by atoms with Crippen molar-refractivity contribution < 1.29 is 38.8 Å². The van der Waals surface area contributed by atoms with Gasteiger partial charge in [-0.15, -0.1) is 0 Å². The quantitative estimate of drug-likeness (QED) is 0.354. The molecule has 0 amide bonds. The molecule has 0 unspecified atom stereocenters. The van der Waals surface area contributed by atoms with Crippen LogP contribution < -0.4 is 19.1 Å². The van der Waals surface area contributed by atoms with Crippen molar-refractivity contribution in [2.75, 3.05) is 6.79 Å². The van der Waals surface area contributed by atoms with E-state index in [4.69, 9.17) is 14.2 Å². The number of allylic oxidation sites excluding steroid dienone is 1. The van der Waals surface area contributed by atoms with Crippen LogP contribution in [0.4, 0.5) is 0 Å². The molecule has 1 aliphatic heterocycles. The van der Waals surface area contributed by atoms with Crippen molar-refractivity contribution in [1.82, 2.24) is 5.16 Å². The van der Waals surface area contributed by atoms with E-state index in [1.807, 2.05) is 0 Å². The molecule has 0 aliphatic carbocycles. The minimum atomic E-state index is -0.572. The van der Waals surface area contributed by atoms with Crippen LogP contribution >= 0.6 is 0 Å². The monoisotopic (exact) mass is 412 g/mol. The highest BCUT2D eigenvalue weighted by Gasteiger charge is 2.21. The van der Waals surface area contributed by atoms with Crippen LogP contribution in [0.15, 0.2) is 41.0 Å². The van der Waals surface area contributed by atoms with Crippen LogP contribution in [-0.4, -0.2) is 27.9 Å². The van der Waals surface area contributed by atoms with E-state index in [1.54, 1.807) is 25.1 Å². The van der Waals surface area contributed by atoms with Crippen molar-refractivity contribution in [3.63, 3.8) is 0 Å². The third kappa shape index (κ3) is 3.70. The number of phenols is 2. The topological polar surface area (TPSA) is 138 Å². The normalized spacial score (nSPS) is 12.4. The molecule has 10 heteroatoms. The maximum absolute atomic E-state index is 12.7. The molecule has 0 saturated heterocycles. The van der Waals surface area contributed by atoms with Crippen LogP contribution in [-0.2, 0) is 6.61 Å². The second kappa shape index (κ2) is 7.66. The molecule has 4 rings (SSSR count). The Hall–Kier alpha value is -4.21. The first-order valence-electron chi connectivity index (χ1n) is 8.78. The molecule has 2 aromatic carbocycles. The number of carbonyl (C=O) groups is 1. The summed E-state index contributed by atoms with van der Waals surface area (Å²) in [5.41, 5.74) is 0.911. The summed E-state index contributed by atoms with van der Waals surface area (Å²) >= 11 is 0. The molecular formula is C20H16N2O8. The number of fused-ring (bicyclic) bond motifs is 1. The standard InChI is InChI=1S/C20H16N2O8/c1-11-14(22(26)30-21-11)9-27-19-8-13(23)7-16(25)20(19)15(24)4-2-12-3-5-17-18(6-12)29-10-28-17/h2-8,23,25H,9-10H2,1H3/b4-2+. The molecule has 2 N–H and O–H groups in total. The highest BCUT2D eigenvalue weighted by molar-refractivity contribution is 6.10. The van der Waals surface area contributed by atoms with E-state index in [0.717, 1.165) is 6.07 Å². The first-order chi connectivity index (χ1) is 14.4. The minimum absolute atomic E-state index is 0.0899. The van der Waals surface area contributed by atoms with Gasteiger partial charge in [0.15, 0.2) is 23.9 Å². The van der Waals surface area contributed by atoms with Gasteiger partial charge in [0.2, 0.25) is 18.2 Å². The van der Waals surface area contributed by atoms with Gasteiger partial charge in [-0.1, -0.05) is 12.1 Å². The van der Waals surface area contributed by atoms with Gasteiger partial charge in [-0.05, 0) is 28.7 Å². The largest absolute Gasteiger partial charge is 0.508 e. The first kappa shape index (κ1) is 19.1. The highest BCUT2D eigenvalue weighted by Crippen LogP contribution is 2.35. The molecule has 10 nitrogen and oxygen atoms in total. The lowest BCUT2D eigenvalue weighted by atomic mass is 10.1. The van der Waals surface area contributed by atoms with Crippen molar-refractivity contribution in [3.05, 3.63) is 64.1 Å². The van der Waals surface area contributed by atoms with Gasteiger partial charge < -0.3 is 29.6 Å². The predicted octanol–water partition coefficient (Wildman–Crippen LogP) is 2.23. The lowest BCUT2D eigenvalue weighted by molar-refractivity contribution is -0.808. The summed E-state index contributed by atoms with van der Waals surface area (Å²) in [4.78, 5) is 12.9. The van der Waals surface area contributed by atoms with Crippen LogP contribution in [0.5, 0.6) is 28.7 Å². The average Bonchev–Trinajstić information content (AvgIpc) is 3.30. The lowest BCUT2D eigenvalue weighted by Crippen LogP contribution is -2.29. The average molecular weight is 412 g/mol. The smallest absolute Gasteiger partial charge is 0.235 e. The number of ketones is 1. The molecule has 3 aromatic rings. The maximum atomic E-state index is 12.7. The van der Waals surface area contributed by atoms with Crippen molar-refractivity contribution >= 4 is 11.9 Å². The molecule has 1 aliphatic rings. The third-order valence-electron chi connectivity index (χ3n) is 4.39. The molecule has 1 aromatic heterocycles. The van der Waals surface area contributed by atoms with Gasteiger partial charge in [-0.25, -0.2) is 0 Å². The number of hydrogen-bond acceptors (Lipinski definition) is 9.